The fourth-order valence-corrected chi connectivity index (χ4v) is 2.66. The van der Waals surface area contributed by atoms with Crippen LogP contribution in [-0.2, 0) is 4.79 Å². The van der Waals surface area contributed by atoms with Crippen LogP contribution in [0.2, 0.25) is 0 Å². The van der Waals surface area contributed by atoms with E-state index in [1.165, 1.54) is 4.90 Å². The second-order valence-corrected chi connectivity index (χ2v) is 6.45. The maximum atomic E-state index is 12.1. The molecule has 1 saturated heterocycles. The number of amides is 3. The third-order valence-corrected chi connectivity index (χ3v) is 3.95. The van der Waals surface area contributed by atoms with E-state index >= 15 is 0 Å². The van der Waals surface area contributed by atoms with Gasteiger partial charge in [-0.05, 0) is 19.1 Å². The molecule has 3 amide bonds. The van der Waals surface area contributed by atoms with Gasteiger partial charge in [0.25, 0.3) is 0 Å². The van der Waals surface area contributed by atoms with Crippen LogP contribution in [0.4, 0.5) is 10.5 Å². The van der Waals surface area contributed by atoms with Crippen molar-refractivity contribution in [2.45, 2.75) is 25.8 Å². The molecule has 23 heavy (non-hydrogen) atoms. The largest absolute Gasteiger partial charge is 0.340 e. The van der Waals surface area contributed by atoms with Gasteiger partial charge in [0.1, 0.15) is 0 Å². The van der Waals surface area contributed by atoms with Crippen LogP contribution in [-0.4, -0.2) is 51.7 Å². The molecule has 0 saturated carbocycles. The van der Waals surface area contributed by atoms with Gasteiger partial charge in [-0.2, -0.15) is 0 Å². The average Bonchev–Trinajstić information content (AvgIpc) is 2.85. The molecule has 1 aliphatic rings. The molecular formula is C17H27N4O2+. The maximum Gasteiger partial charge on any atom is 0.315 e. The van der Waals surface area contributed by atoms with Gasteiger partial charge in [0.2, 0.25) is 5.91 Å². The number of carbonyl (C=O) groups excluding carboxylic acids is 2. The number of carbonyl (C=O) groups is 2. The number of nitrogens with one attached hydrogen (secondary N) is 3. The number of hydrogen-bond donors (Lipinski definition) is 3. The van der Waals surface area contributed by atoms with Crippen LogP contribution in [0.15, 0.2) is 24.3 Å². The van der Waals surface area contributed by atoms with Crippen LogP contribution in [0.25, 0.3) is 0 Å². The van der Waals surface area contributed by atoms with Crippen LogP contribution in [0.5, 0.6) is 0 Å². The Kier molecular flexibility index (Phi) is 5.98. The monoisotopic (exact) mass is 319 g/mol. The van der Waals surface area contributed by atoms with E-state index in [0.29, 0.717) is 19.5 Å². The Morgan fingerprint density at radius 1 is 1.30 bits per heavy atom. The van der Waals surface area contributed by atoms with Crippen molar-refractivity contribution >= 4 is 17.6 Å². The van der Waals surface area contributed by atoms with E-state index in [4.69, 9.17) is 0 Å². The lowest BCUT2D eigenvalue weighted by molar-refractivity contribution is -0.858. The first-order valence-corrected chi connectivity index (χ1v) is 8.16. The van der Waals surface area contributed by atoms with Crippen molar-refractivity contribution in [1.82, 2.24) is 10.6 Å². The van der Waals surface area contributed by atoms with Crippen molar-refractivity contribution in [1.29, 1.82) is 0 Å². The zero-order valence-corrected chi connectivity index (χ0v) is 14.2. The molecule has 6 heteroatoms. The van der Waals surface area contributed by atoms with Gasteiger partial charge in [-0.15, -0.1) is 0 Å². The van der Waals surface area contributed by atoms with Gasteiger partial charge in [-0.1, -0.05) is 17.7 Å². The lowest BCUT2D eigenvalue weighted by atomic mass is 10.2. The summed E-state index contributed by atoms with van der Waals surface area (Å²) in [5.74, 6) is 0.0513. The van der Waals surface area contributed by atoms with E-state index in [1.807, 2.05) is 31.2 Å². The van der Waals surface area contributed by atoms with E-state index in [2.05, 4.69) is 24.7 Å². The second-order valence-electron chi connectivity index (χ2n) is 6.45. The summed E-state index contributed by atoms with van der Waals surface area (Å²) in [5, 5.41) is 5.74. The van der Waals surface area contributed by atoms with Crippen molar-refractivity contribution in [2.75, 3.05) is 38.6 Å². The predicted octanol–water partition coefficient (Wildman–Crippen LogP) is -0.0659. The fourth-order valence-electron chi connectivity index (χ4n) is 2.66. The number of hydrogen-bond acceptors (Lipinski definition) is 2. The molecule has 1 atom stereocenters. The Balaban J connectivity index is 1.78. The summed E-state index contributed by atoms with van der Waals surface area (Å²) in [6.45, 7) is 4.21. The van der Waals surface area contributed by atoms with E-state index in [0.717, 1.165) is 24.2 Å². The number of rotatable bonds is 6. The molecule has 0 aromatic heterocycles. The minimum Gasteiger partial charge on any atom is -0.340 e. The molecule has 1 aromatic carbocycles. The Labute approximate surface area is 137 Å². The van der Waals surface area contributed by atoms with Crippen LogP contribution < -0.4 is 20.4 Å². The molecule has 2 rings (SSSR count). The van der Waals surface area contributed by atoms with Crippen LogP contribution in [0, 0.1) is 6.92 Å². The van der Waals surface area contributed by atoms with Gasteiger partial charge < -0.3 is 20.4 Å². The number of benzene rings is 1. The summed E-state index contributed by atoms with van der Waals surface area (Å²) in [7, 11) is 4.17. The quantitative estimate of drug-likeness (QED) is 0.643. The van der Waals surface area contributed by atoms with Crippen molar-refractivity contribution in [3.05, 3.63) is 29.8 Å². The first-order chi connectivity index (χ1) is 11.0. The fraction of sp³-hybridized carbons (Fsp3) is 0.529. The van der Waals surface area contributed by atoms with Gasteiger partial charge in [0.05, 0.1) is 26.7 Å². The molecule has 0 aliphatic carbocycles. The van der Waals surface area contributed by atoms with E-state index < -0.39 is 0 Å². The average molecular weight is 319 g/mol. The maximum absolute atomic E-state index is 12.1. The first kappa shape index (κ1) is 17.3. The molecule has 126 valence electrons. The van der Waals surface area contributed by atoms with E-state index in [1.54, 1.807) is 4.90 Å². The lowest BCUT2D eigenvalue weighted by Crippen LogP contribution is -3.05. The highest BCUT2D eigenvalue weighted by molar-refractivity contribution is 5.96. The number of quaternary nitrogens is 1. The minimum absolute atomic E-state index is 0.0513. The normalized spacial score (nSPS) is 17.7. The molecule has 0 radical (unpaired) electrons. The molecule has 1 aliphatic heterocycles. The van der Waals surface area contributed by atoms with Crippen molar-refractivity contribution in [2.24, 2.45) is 0 Å². The van der Waals surface area contributed by atoms with Crippen molar-refractivity contribution in [3.63, 3.8) is 0 Å². The van der Waals surface area contributed by atoms with Gasteiger partial charge in [0.15, 0.2) is 0 Å². The first-order valence-electron chi connectivity index (χ1n) is 8.16. The summed E-state index contributed by atoms with van der Waals surface area (Å²) in [5.41, 5.74) is 2.05. The molecule has 0 bridgehead atoms. The summed E-state index contributed by atoms with van der Waals surface area (Å²) in [6, 6.07) is 7.54. The van der Waals surface area contributed by atoms with Gasteiger partial charge >= 0.3 is 6.03 Å². The molecule has 0 spiro atoms. The highest BCUT2D eigenvalue weighted by atomic mass is 16.2. The smallest absolute Gasteiger partial charge is 0.315 e. The highest BCUT2D eigenvalue weighted by Gasteiger charge is 2.31. The summed E-state index contributed by atoms with van der Waals surface area (Å²) in [4.78, 5) is 27.1. The van der Waals surface area contributed by atoms with Gasteiger partial charge in [-0.3, -0.25) is 4.79 Å². The Morgan fingerprint density at radius 3 is 2.65 bits per heavy atom. The Morgan fingerprint density at radius 2 is 2.00 bits per heavy atom. The van der Waals surface area contributed by atoms with Crippen LogP contribution >= 0.6 is 0 Å². The Bertz CT molecular complexity index is 542. The number of nitrogens with zero attached hydrogens (tertiary/aromatic N) is 1. The molecule has 1 aromatic rings. The molecule has 0 unspecified atom stereocenters. The minimum atomic E-state index is -0.192. The third kappa shape index (κ3) is 5.25. The molecular weight excluding hydrogens is 292 g/mol. The zero-order chi connectivity index (χ0) is 16.8. The van der Waals surface area contributed by atoms with Gasteiger partial charge in [0, 0.05) is 31.6 Å². The Hall–Kier alpha value is -2.08. The van der Waals surface area contributed by atoms with E-state index in [-0.39, 0.29) is 18.0 Å². The van der Waals surface area contributed by atoms with Crippen molar-refractivity contribution in [3.8, 4) is 0 Å². The SMILES string of the molecule is Cc1ccc(N2C[C@H](NC(=O)NCCC[NH+](C)C)CC2=O)cc1. The second kappa shape index (κ2) is 7.97. The standard InChI is InChI=1S/C17H26N4O2/c1-13-5-7-15(8-6-13)21-12-14(11-16(21)22)19-17(23)18-9-4-10-20(2)3/h5-8,14H,4,9-12H2,1-3H3,(H2,18,19,23)/p+1/t14-/m1/s1. The molecule has 3 N–H and O–H groups in total. The summed E-state index contributed by atoms with van der Waals surface area (Å²) >= 11 is 0. The van der Waals surface area contributed by atoms with Crippen molar-refractivity contribution < 1.29 is 14.5 Å². The summed E-state index contributed by atoms with van der Waals surface area (Å²) in [6.07, 6.45) is 1.29. The summed E-state index contributed by atoms with van der Waals surface area (Å²) < 4.78 is 0. The molecule has 1 heterocycles. The lowest BCUT2D eigenvalue weighted by Gasteiger charge is -2.17. The number of urea groups is 1. The molecule has 6 nitrogen and oxygen atoms in total. The van der Waals surface area contributed by atoms with Crippen LogP contribution in [0.3, 0.4) is 0 Å². The zero-order valence-electron chi connectivity index (χ0n) is 14.2. The highest BCUT2D eigenvalue weighted by Crippen LogP contribution is 2.21. The van der Waals surface area contributed by atoms with Crippen LogP contribution in [0.1, 0.15) is 18.4 Å². The third-order valence-electron chi connectivity index (χ3n) is 3.95. The topological polar surface area (TPSA) is 65.9 Å². The molecule has 1 fully saturated rings. The predicted molar refractivity (Wildman–Crippen MR) is 90.8 cm³/mol. The number of anilines is 1. The van der Waals surface area contributed by atoms with E-state index in [9.17, 15) is 9.59 Å². The number of aryl methyl sites for hydroxylation is 1. The van der Waals surface area contributed by atoms with Gasteiger partial charge in [-0.25, -0.2) is 4.79 Å².